The van der Waals surface area contributed by atoms with Gasteiger partial charge in [-0.1, -0.05) is 11.6 Å². The van der Waals surface area contributed by atoms with E-state index in [1.54, 1.807) is 0 Å². The Balaban J connectivity index is 2.62. The van der Waals surface area contributed by atoms with Gasteiger partial charge in [-0.25, -0.2) is 0 Å². The predicted molar refractivity (Wildman–Crippen MR) is 50.2 cm³/mol. The molecule has 1 N–H and O–H groups in total. The van der Waals surface area contributed by atoms with Crippen molar-refractivity contribution in [1.29, 1.82) is 0 Å². The van der Waals surface area contributed by atoms with E-state index < -0.39 is 4.92 Å². The molecule has 0 saturated heterocycles. The van der Waals surface area contributed by atoms with E-state index in [-0.39, 0.29) is 17.4 Å². The van der Waals surface area contributed by atoms with Gasteiger partial charge in [-0.2, -0.15) is 4.68 Å². The average molecular weight is 220 g/mol. The van der Waals surface area contributed by atoms with Gasteiger partial charge in [0.25, 0.3) is 0 Å². The van der Waals surface area contributed by atoms with Gasteiger partial charge in [0.2, 0.25) is 0 Å². The molecule has 1 rings (SSSR count). The van der Waals surface area contributed by atoms with E-state index in [4.69, 9.17) is 16.7 Å². The van der Waals surface area contributed by atoms with Crippen molar-refractivity contribution in [3.8, 4) is 0 Å². The van der Waals surface area contributed by atoms with E-state index in [9.17, 15) is 10.1 Å². The van der Waals surface area contributed by atoms with Gasteiger partial charge < -0.3 is 15.2 Å². The molecule has 0 aliphatic rings. The van der Waals surface area contributed by atoms with Crippen LogP contribution in [0.15, 0.2) is 6.20 Å². The highest BCUT2D eigenvalue weighted by Gasteiger charge is 2.18. The molecule has 0 saturated carbocycles. The Kier molecular flexibility index (Phi) is 3.84. The highest BCUT2D eigenvalue weighted by molar-refractivity contribution is 6.32. The zero-order valence-electron chi connectivity index (χ0n) is 7.39. The van der Waals surface area contributed by atoms with Crippen LogP contribution in [0, 0.1) is 10.1 Å². The molecule has 6 nitrogen and oxygen atoms in total. The fourth-order valence-electron chi connectivity index (χ4n) is 1.01. The first-order chi connectivity index (χ1) is 6.65. The highest BCUT2D eigenvalue weighted by atomic mass is 35.5. The second kappa shape index (κ2) is 4.92. The van der Waals surface area contributed by atoms with Crippen LogP contribution in [-0.4, -0.2) is 26.4 Å². The van der Waals surface area contributed by atoms with Crippen LogP contribution in [0.2, 0.25) is 5.02 Å². The van der Waals surface area contributed by atoms with E-state index in [0.29, 0.717) is 19.4 Å². The average Bonchev–Trinajstić information content (AvgIpc) is 2.47. The van der Waals surface area contributed by atoms with Crippen molar-refractivity contribution in [2.75, 3.05) is 6.61 Å². The van der Waals surface area contributed by atoms with E-state index in [1.807, 2.05) is 0 Å². The topological polar surface area (TPSA) is 81.2 Å². The SMILES string of the molecule is O=[N+]([O-])c1nn(CCCCO)cc1Cl. The molecule has 1 aromatic rings. The normalized spacial score (nSPS) is 10.4. The second-order valence-electron chi connectivity index (χ2n) is 2.75. The van der Waals surface area contributed by atoms with Gasteiger partial charge in [-0.05, 0) is 17.8 Å². The first-order valence-corrected chi connectivity index (χ1v) is 4.51. The number of nitro groups is 1. The van der Waals surface area contributed by atoms with Crippen LogP contribution < -0.4 is 0 Å². The minimum Gasteiger partial charge on any atom is -0.396 e. The third kappa shape index (κ3) is 2.68. The van der Waals surface area contributed by atoms with Crippen LogP contribution in [0.4, 0.5) is 5.82 Å². The third-order valence-electron chi connectivity index (χ3n) is 1.67. The smallest absolute Gasteiger partial charge is 0.396 e. The second-order valence-corrected chi connectivity index (χ2v) is 3.16. The summed E-state index contributed by atoms with van der Waals surface area (Å²) in [7, 11) is 0. The van der Waals surface area contributed by atoms with Gasteiger partial charge in [0.05, 0.1) is 17.8 Å². The lowest BCUT2D eigenvalue weighted by atomic mass is 10.3. The van der Waals surface area contributed by atoms with Gasteiger partial charge in [0, 0.05) is 6.61 Å². The molecule has 1 aromatic heterocycles. The molecule has 0 aliphatic carbocycles. The molecule has 14 heavy (non-hydrogen) atoms. The first kappa shape index (κ1) is 10.9. The minimum absolute atomic E-state index is 0.0407. The van der Waals surface area contributed by atoms with E-state index >= 15 is 0 Å². The highest BCUT2D eigenvalue weighted by Crippen LogP contribution is 2.21. The number of hydrogen-bond donors (Lipinski definition) is 1. The van der Waals surface area contributed by atoms with Crippen LogP contribution in [0.5, 0.6) is 0 Å². The molecule has 0 aliphatic heterocycles. The van der Waals surface area contributed by atoms with Gasteiger partial charge in [0.15, 0.2) is 5.02 Å². The monoisotopic (exact) mass is 219 g/mol. The summed E-state index contributed by atoms with van der Waals surface area (Å²) in [6.07, 6.45) is 2.77. The van der Waals surface area contributed by atoms with Crippen molar-refractivity contribution in [3.63, 3.8) is 0 Å². The van der Waals surface area contributed by atoms with Crippen LogP contribution in [0.1, 0.15) is 12.8 Å². The Morgan fingerprint density at radius 2 is 2.36 bits per heavy atom. The van der Waals surface area contributed by atoms with Gasteiger partial charge >= 0.3 is 5.82 Å². The lowest BCUT2D eigenvalue weighted by molar-refractivity contribution is -0.389. The van der Waals surface area contributed by atoms with Gasteiger partial charge in [-0.3, -0.25) is 0 Å². The zero-order valence-corrected chi connectivity index (χ0v) is 8.15. The molecule has 0 spiro atoms. The summed E-state index contributed by atoms with van der Waals surface area (Å²) in [5.41, 5.74) is 0. The molecular formula is C7H10ClN3O3. The van der Waals surface area contributed by atoms with Gasteiger partial charge in [0.1, 0.15) is 0 Å². The Morgan fingerprint density at radius 3 is 2.86 bits per heavy atom. The summed E-state index contributed by atoms with van der Waals surface area (Å²) in [4.78, 5) is 9.75. The zero-order chi connectivity index (χ0) is 10.6. The van der Waals surface area contributed by atoms with E-state index in [1.165, 1.54) is 10.9 Å². The van der Waals surface area contributed by atoms with E-state index in [0.717, 1.165) is 0 Å². The Bertz CT molecular complexity index is 326. The van der Waals surface area contributed by atoms with Crippen molar-refractivity contribution in [2.45, 2.75) is 19.4 Å². The fourth-order valence-corrected chi connectivity index (χ4v) is 1.23. The number of aryl methyl sites for hydroxylation is 1. The minimum atomic E-state index is -0.620. The molecule has 0 amide bonds. The first-order valence-electron chi connectivity index (χ1n) is 4.13. The van der Waals surface area contributed by atoms with Crippen LogP contribution in [-0.2, 0) is 6.54 Å². The maximum atomic E-state index is 10.4. The Labute approximate surface area is 85.2 Å². The van der Waals surface area contributed by atoms with Crippen molar-refractivity contribution < 1.29 is 10.0 Å². The van der Waals surface area contributed by atoms with Crippen LogP contribution in [0.25, 0.3) is 0 Å². The molecule has 0 aromatic carbocycles. The number of aliphatic hydroxyl groups excluding tert-OH is 1. The number of aliphatic hydroxyl groups is 1. The van der Waals surface area contributed by atoms with Crippen LogP contribution >= 0.6 is 11.6 Å². The largest absolute Gasteiger partial charge is 0.408 e. The Hall–Kier alpha value is -1.14. The summed E-state index contributed by atoms with van der Waals surface area (Å²) in [6, 6.07) is 0. The summed E-state index contributed by atoms with van der Waals surface area (Å²) in [6.45, 7) is 0.630. The lowest BCUT2D eigenvalue weighted by Crippen LogP contribution is -2.00. The number of hydrogen-bond acceptors (Lipinski definition) is 4. The summed E-state index contributed by atoms with van der Waals surface area (Å²) < 4.78 is 1.41. The molecule has 7 heteroatoms. The fraction of sp³-hybridized carbons (Fsp3) is 0.571. The van der Waals surface area contributed by atoms with Crippen molar-refractivity contribution in [3.05, 3.63) is 21.3 Å². The standard InChI is InChI=1S/C7H10ClN3O3/c8-6-5-10(3-1-2-4-12)9-7(6)11(13)14/h5,12H,1-4H2. The Morgan fingerprint density at radius 1 is 1.64 bits per heavy atom. The summed E-state index contributed by atoms with van der Waals surface area (Å²) >= 11 is 5.58. The molecule has 0 unspecified atom stereocenters. The number of nitrogens with zero attached hydrogens (tertiary/aromatic N) is 3. The molecule has 0 radical (unpaired) electrons. The quantitative estimate of drug-likeness (QED) is 0.459. The summed E-state index contributed by atoms with van der Waals surface area (Å²) in [5.74, 6) is -0.323. The molecular weight excluding hydrogens is 210 g/mol. The maximum Gasteiger partial charge on any atom is 0.408 e. The lowest BCUT2D eigenvalue weighted by Gasteiger charge is -1.93. The molecule has 0 fully saturated rings. The molecule has 0 bridgehead atoms. The number of halogens is 1. The van der Waals surface area contributed by atoms with Crippen LogP contribution in [0.3, 0.4) is 0 Å². The third-order valence-corrected chi connectivity index (χ3v) is 1.93. The van der Waals surface area contributed by atoms with Crippen molar-refractivity contribution in [1.82, 2.24) is 9.78 Å². The van der Waals surface area contributed by atoms with Crippen molar-refractivity contribution in [2.24, 2.45) is 0 Å². The van der Waals surface area contributed by atoms with E-state index in [2.05, 4.69) is 5.10 Å². The molecule has 0 atom stereocenters. The summed E-state index contributed by atoms with van der Waals surface area (Å²) in [5, 5.41) is 22.6. The number of rotatable bonds is 5. The molecule has 78 valence electrons. The van der Waals surface area contributed by atoms with Gasteiger partial charge in [-0.15, -0.1) is 0 Å². The number of aromatic nitrogens is 2. The maximum absolute atomic E-state index is 10.4. The molecule has 1 heterocycles. The van der Waals surface area contributed by atoms with Crippen molar-refractivity contribution >= 4 is 17.4 Å². The number of unbranched alkanes of at least 4 members (excludes halogenated alkanes) is 1. The predicted octanol–water partition coefficient (Wildman–Crippen LogP) is 1.22.